The number of carbonyl (C=O) groups excluding carboxylic acids is 3. The normalized spacial score (nSPS) is 12.6. The number of hydrogen-bond donors (Lipinski definition) is 1. The third-order valence-corrected chi connectivity index (χ3v) is 5.66. The highest BCUT2D eigenvalue weighted by Gasteiger charge is 2.32. The van der Waals surface area contributed by atoms with Gasteiger partial charge in [-0.25, -0.2) is 0 Å². The molecule has 0 radical (unpaired) electrons. The molecule has 3 aromatic carbocycles. The Hall–Kier alpha value is -4.52. The Labute approximate surface area is 196 Å². The van der Waals surface area contributed by atoms with Crippen LogP contribution >= 0.6 is 0 Å². The Kier molecular flexibility index (Phi) is 5.74. The van der Waals surface area contributed by atoms with E-state index in [0.717, 1.165) is 5.39 Å². The van der Waals surface area contributed by atoms with Crippen LogP contribution in [0.3, 0.4) is 0 Å². The fourth-order valence-electron chi connectivity index (χ4n) is 4.05. The van der Waals surface area contributed by atoms with Crippen molar-refractivity contribution in [2.24, 2.45) is 0 Å². The molecule has 0 fully saturated rings. The van der Waals surface area contributed by atoms with Gasteiger partial charge < -0.3 is 10.1 Å². The van der Waals surface area contributed by atoms with Gasteiger partial charge in [0.15, 0.2) is 0 Å². The Morgan fingerprint density at radius 3 is 2.09 bits per heavy atom. The first-order valence-electron chi connectivity index (χ1n) is 11.0. The highest BCUT2D eigenvalue weighted by Crippen LogP contribution is 2.30. The SMILES string of the molecule is O=C(CCCN1C(=O)c2cccc3cccc(c23)C1=O)Nc1ccc(Oc2ccncc2)cc1. The second-order valence-electron chi connectivity index (χ2n) is 7.93. The predicted octanol–water partition coefficient (Wildman–Crippen LogP) is 5.04. The Morgan fingerprint density at radius 2 is 1.44 bits per heavy atom. The molecule has 0 aliphatic carbocycles. The maximum atomic E-state index is 12.9. The van der Waals surface area contributed by atoms with E-state index in [4.69, 9.17) is 4.74 Å². The average molecular weight is 451 g/mol. The fourth-order valence-corrected chi connectivity index (χ4v) is 4.05. The van der Waals surface area contributed by atoms with E-state index in [1.807, 2.05) is 24.3 Å². The first kappa shape index (κ1) is 21.3. The van der Waals surface area contributed by atoms with Crippen molar-refractivity contribution in [2.45, 2.75) is 12.8 Å². The summed E-state index contributed by atoms with van der Waals surface area (Å²) in [7, 11) is 0. The fraction of sp³-hybridized carbons (Fsp3) is 0.111. The molecule has 34 heavy (non-hydrogen) atoms. The van der Waals surface area contributed by atoms with E-state index in [-0.39, 0.29) is 30.7 Å². The predicted molar refractivity (Wildman–Crippen MR) is 128 cm³/mol. The van der Waals surface area contributed by atoms with Gasteiger partial charge in [0.25, 0.3) is 11.8 Å². The van der Waals surface area contributed by atoms with Gasteiger partial charge in [0.2, 0.25) is 5.91 Å². The summed E-state index contributed by atoms with van der Waals surface area (Å²) in [4.78, 5) is 43.5. The van der Waals surface area contributed by atoms with Gasteiger partial charge in [-0.1, -0.05) is 24.3 Å². The molecule has 0 spiro atoms. The van der Waals surface area contributed by atoms with E-state index in [1.54, 1.807) is 60.9 Å². The van der Waals surface area contributed by atoms with Crippen LogP contribution in [0.25, 0.3) is 10.8 Å². The topological polar surface area (TPSA) is 88.6 Å². The zero-order valence-corrected chi connectivity index (χ0v) is 18.2. The number of rotatable bonds is 7. The van der Waals surface area contributed by atoms with Crippen molar-refractivity contribution >= 4 is 34.2 Å². The molecule has 1 aliphatic rings. The highest BCUT2D eigenvalue weighted by molar-refractivity contribution is 6.25. The van der Waals surface area contributed by atoms with Gasteiger partial charge in [0.1, 0.15) is 11.5 Å². The second-order valence-corrected chi connectivity index (χ2v) is 7.93. The van der Waals surface area contributed by atoms with Crippen LogP contribution < -0.4 is 10.1 Å². The lowest BCUT2D eigenvalue weighted by Gasteiger charge is -2.27. The summed E-state index contributed by atoms with van der Waals surface area (Å²) in [5.41, 5.74) is 1.68. The number of anilines is 1. The number of pyridine rings is 1. The first-order chi connectivity index (χ1) is 16.6. The molecule has 5 rings (SSSR count). The van der Waals surface area contributed by atoms with Crippen LogP contribution in [-0.4, -0.2) is 34.2 Å². The molecule has 0 bridgehead atoms. The van der Waals surface area contributed by atoms with Crippen molar-refractivity contribution in [3.8, 4) is 11.5 Å². The molecule has 0 unspecified atom stereocenters. The Morgan fingerprint density at radius 1 is 0.824 bits per heavy atom. The quantitative estimate of drug-likeness (QED) is 0.398. The molecular formula is C27H21N3O4. The van der Waals surface area contributed by atoms with Gasteiger partial charge in [0, 0.05) is 47.6 Å². The molecule has 1 aliphatic heterocycles. The maximum absolute atomic E-state index is 12.9. The summed E-state index contributed by atoms with van der Waals surface area (Å²) in [6, 6.07) is 21.4. The molecule has 1 N–H and O–H groups in total. The van der Waals surface area contributed by atoms with Gasteiger partial charge in [-0.3, -0.25) is 24.3 Å². The molecule has 0 saturated heterocycles. The van der Waals surface area contributed by atoms with E-state index in [9.17, 15) is 14.4 Å². The smallest absolute Gasteiger partial charge is 0.261 e. The standard InChI is InChI=1S/C27H21N3O4/c31-24(29-19-9-11-20(12-10-19)34-21-13-15-28-16-14-21)8-3-17-30-26(32)22-6-1-4-18-5-2-7-23(25(18)22)27(30)33/h1-2,4-7,9-16H,3,8,17H2,(H,29,31). The van der Waals surface area contributed by atoms with Crippen LogP contribution in [-0.2, 0) is 4.79 Å². The molecular weight excluding hydrogens is 430 g/mol. The van der Waals surface area contributed by atoms with E-state index in [2.05, 4.69) is 10.3 Å². The van der Waals surface area contributed by atoms with E-state index < -0.39 is 0 Å². The van der Waals surface area contributed by atoms with Crippen molar-refractivity contribution in [3.63, 3.8) is 0 Å². The summed E-state index contributed by atoms with van der Waals surface area (Å²) in [5.74, 6) is 0.482. The van der Waals surface area contributed by atoms with Crippen LogP contribution in [0, 0.1) is 0 Å². The minimum atomic E-state index is -0.320. The number of ether oxygens (including phenoxy) is 1. The lowest BCUT2D eigenvalue weighted by molar-refractivity contribution is -0.116. The van der Waals surface area contributed by atoms with Gasteiger partial charge >= 0.3 is 0 Å². The van der Waals surface area contributed by atoms with Crippen LogP contribution in [0.1, 0.15) is 33.6 Å². The monoisotopic (exact) mass is 451 g/mol. The van der Waals surface area contributed by atoms with Gasteiger partial charge in [-0.15, -0.1) is 0 Å². The van der Waals surface area contributed by atoms with Crippen molar-refractivity contribution < 1.29 is 19.1 Å². The van der Waals surface area contributed by atoms with Crippen LogP contribution in [0.15, 0.2) is 85.2 Å². The summed E-state index contributed by atoms with van der Waals surface area (Å²) in [6.07, 6.45) is 3.84. The number of nitrogens with zero attached hydrogens (tertiary/aromatic N) is 2. The molecule has 7 nitrogen and oxygen atoms in total. The van der Waals surface area contributed by atoms with Crippen molar-refractivity contribution in [1.82, 2.24) is 9.88 Å². The largest absolute Gasteiger partial charge is 0.457 e. The molecule has 0 atom stereocenters. The summed E-state index contributed by atoms with van der Waals surface area (Å²) < 4.78 is 5.71. The summed E-state index contributed by atoms with van der Waals surface area (Å²) in [6.45, 7) is 0.175. The third-order valence-electron chi connectivity index (χ3n) is 5.66. The van der Waals surface area contributed by atoms with Gasteiger partial charge in [-0.2, -0.15) is 0 Å². The molecule has 168 valence electrons. The summed E-state index contributed by atoms with van der Waals surface area (Å²) in [5, 5.41) is 4.40. The van der Waals surface area contributed by atoms with Crippen molar-refractivity contribution in [1.29, 1.82) is 0 Å². The first-order valence-corrected chi connectivity index (χ1v) is 11.0. The molecule has 7 heteroatoms. The zero-order valence-electron chi connectivity index (χ0n) is 18.2. The van der Waals surface area contributed by atoms with Gasteiger partial charge in [0.05, 0.1) is 0 Å². The average Bonchev–Trinajstić information content (AvgIpc) is 2.86. The summed E-state index contributed by atoms with van der Waals surface area (Å²) >= 11 is 0. The number of amides is 3. The minimum absolute atomic E-state index is 0.175. The molecule has 4 aromatic rings. The number of nitrogens with one attached hydrogen (secondary N) is 1. The maximum Gasteiger partial charge on any atom is 0.261 e. The highest BCUT2D eigenvalue weighted by atomic mass is 16.5. The number of aromatic nitrogens is 1. The molecule has 2 heterocycles. The lowest BCUT2D eigenvalue weighted by atomic mass is 9.94. The number of hydrogen-bond acceptors (Lipinski definition) is 5. The minimum Gasteiger partial charge on any atom is -0.457 e. The van der Waals surface area contributed by atoms with E-state index in [1.165, 1.54) is 4.90 Å². The zero-order chi connectivity index (χ0) is 23.5. The molecule has 1 aromatic heterocycles. The van der Waals surface area contributed by atoms with Crippen LogP contribution in [0.4, 0.5) is 5.69 Å². The van der Waals surface area contributed by atoms with E-state index in [0.29, 0.717) is 40.1 Å². The van der Waals surface area contributed by atoms with Crippen molar-refractivity contribution in [3.05, 3.63) is 96.3 Å². The Balaban J connectivity index is 1.17. The number of benzene rings is 3. The number of carbonyl (C=O) groups is 3. The number of imide groups is 1. The lowest BCUT2D eigenvalue weighted by Crippen LogP contribution is -2.41. The van der Waals surface area contributed by atoms with Crippen LogP contribution in [0.5, 0.6) is 11.5 Å². The second kappa shape index (κ2) is 9.15. The Bertz CT molecular complexity index is 1330. The van der Waals surface area contributed by atoms with E-state index >= 15 is 0 Å². The van der Waals surface area contributed by atoms with Gasteiger partial charge in [-0.05, 0) is 60.3 Å². The molecule has 0 saturated carbocycles. The van der Waals surface area contributed by atoms with Crippen molar-refractivity contribution in [2.75, 3.05) is 11.9 Å². The van der Waals surface area contributed by atoms with Crippen LogP contribution in [0.2, 0.25) is 0 Å². The third kappa shape index (κ3) is 4.23. The molecule has 3 amide bonds.